The molecule has 19 heavy (non-hydrogen) atoms. The van der Waals surface area contributed by atoms with Gasteiger partial charge in [-0.1, -0.05) is 32.0 Å². The van der Waals surface area contributed by atoms with Crippen LogP contribution >= 0.6 is 0 Å². The fourth-order valence-electron chi connectivity index (χ4n) is 2.04. The van der Waals surface area contributed by atoms with Gasteiger partial charge in [0.1, 0.15) is 0 Å². The van der Waals surface area contributed by atoms with Crippen molar-refractivity contribution in [2.45, 2.75) is 19.8 Å². The minimum Gasteiger partial charge on any atom is -0.478 e. The molecule has 4 heteroatoms. The molecule has 0 saturated carbocycles. The summed E-state index contributed by atoms with van der Waals surface area (Å²) in [6, 6.07) is 7.52. The Hall–Kier alpha value is -2.36. The van der Waals surface area contributed by atoms with Crippen LogP contribution in [0.4, 0.5) is 0 Å². The van der Waals surface area contributed by atoms with Crippen molar-refractivity contribution < 1.29 is 9.90 Å². The molecular formula is C15H15NO3. The monoisotopic (exact) mass is 257 g/mol. The Morgan fingerprint density at radius 2 is 2.11 bits per heavy atom. The van der Waals surface area contributed by atoms with Crippen LogP contribution in [-0.4, -0.2) is 16.1 Å². The lowest BCUT2D eigenvalue weighted by Crippen LogP contribution is -2.10. The molecule has 4 nitrogen and oxygen atoms in total. The van der Waals surface area contributed by atoms with Crippen LogP contribution in [0.5, 0.6) is 0 Å². The molecule has 0 radical (unpaired) electrons. The molecule has 0 spiro atoms. The highest BCUT2D eigenvalue weighted by Gasteiger charge is 2.07. The minimum atomic E-state index is -1.07. The van der Waals surface area contributed by atoms with Crippen molar-refractivity contribution in [2.24, 2.45) is 0 Å². The number of nitrogens with one attached hydrogen (secondary N) is 1. The summed E-state index contributed by atoms with van der Waals surface area (Å²) in [5, 5.41) is 9.50. The molecule has 2 rings (SSSR count). The Bertz CT molecular complexity index is 711. The first-order valence-corrected chi connectivity index (χ1v) is 6.06. The average molecular weight is 257 g/mol. The summed E-state index contributed by atoms with van der Waals surface area (Å²) in [5.74, 6) is -0.768. The molecule has 0 amide bonds. The number of carboxylic acids is 1. The topological polar surface area (TPSA) is 70.2 Å². The third kappa shape index (κ3) is 2.73. The highest BCUT2D eigenvalue weighted by molar-refractivity contribution is 5.88. The zero-order valence-corrected chi connectivity index (χ0v) is 10.8. The summed E-state index contributed by atoms with van der Waals surface area (Å²) in [6.07, 6.45) is 2.27. The van der Waals surface area contributed by atoms with Gasteiger partial charge < -0.3 is 10.1 Å². The molecule has 2 aromatic rings. The van der Waals surface area contributed by atoms with Crippen LogP contribution in [-0.2, 0) is 4.79 Å². The van der Waals surface area contributed by atoms with Gasteiger partial charge in [0.15, 0.2) is 0 Å². The summed E-state index contributed by atoms with van der Waals surface area (Å²) >= 11 is 0. The summed E-state index contributed by atoms with van der Waals surface area (Å²) < 4.78 is 0. The van der Waals surface area contributed by atoms with Gasteiger partial charge in [-0.05, 0) is 29.0 Å². The number of aromatic amines is 1. The van der Waals surface area contributed by atoms with Crippen LogP contribution in [0.25, 0.3) is 17.0 Å². The van der Waals surface area contributed by atoms with Crippen molar-refractivity contribution >= 4 is 22.9 Å². The number of H-pyrrole nitrogens is 1. The number of fused-ring (bicyclic) bond motifs is 1. The number of carboxylic acid groups (broad SMARTS) is 1. The van der Waals surface area contributed by atoms with E-state index in [0.717, 1.165) is 22.5 Å². The summed E-state index contributed by atoms with van der Waals surface area (Å²) in [5.41, 5.74) is 1.95. The van der Waals surface area contributed by atoms with E-state index >= 15 is 0 Å². The van der Waals surface area contributed by atoms with E-state index in [-0.39, 0.29) is 5.56 Å². The zero-order valence-electron chi connectivity index (χ0n) is 10.8. The first kappa shape index (κ1) is 13.1. The summed E-state index contributed by atoms with van der Waals surface area (Å²) in [6.45, 7) is 4.12. The maximum atomic E-state index is 11.9. The zero-order chi connectivity index (χ0) is 14.0. The van der Waals surface area contributed by atoms with Crippen molar-refractivity contribution in [2.75, 3.05) is 0 Å². The molecule has 1 aromatic heterocycles. The third-order valence-electron chi connectivity index (χ3n) is 2.97. The van der Waals surface area contributed by atoms with E-state index in [2.05, 4.69) is 18.8 Å². The maximum Gasteiger partial charge on any atom is 0.328 e. The van der Waals surface area contributed by atoms with Gasteiger partial charge in [0, 0.05) is 11.6 Å². The van der Waals surface area contributed by atoms with Gasteiger partial charge in [0.2, 0.25) is 0 Å². The number of carbonyl (C=O) groups is 1. The molecule has 0 bridgehead atoms. The number of aromatic nitrogens is 1. The van der Waals surface area contributed by atoms with Crippen LogP contribution in [0.15, 0.2) is 35.1 Å². The van der Waals surface area contributed by atoms with E-state index in [9.17, 15) is 9.59 Å². The fraction of sp³-hybridized carbons (Fsp3) is 0.200. The van der Waals surface area contributed by atoms with Gasteiger partial charge in [-0.25, -0.2) is 4.79 Å². The molecule has 0 atom stereocenters. The number of benzene rings is 1. The molecule has 2 N–H and O–H groups in total. The summed E-state index contributed by atoms with van der Waals surface area (Å²) in [4.78, 5) is 25.2. The van der Waals surface area contributed by atoms with Gasteiger partial charge in [0.25, 0.3) is 5.56 Å². The van der Waals surface area contributed by atoms with Crippen molar-refractivity contribution in [3.63, 3.8) is 0 Å². The van der Waals surface area contributed by atoms with Gasteiger partial charge in [-0.15, -0.1) is 0 Å². The molecule has 0 unspecified atom stereocenters. The van der Waals surface area contributed by atoms with Gasteiger partial charge >= 0.3 is 5.97 Å². The van der Waals surface area contributed by atoms with E-state index in [1.54, 1.807) is 6.07 Å². The van der Waals surface area contributed by atoms with Crippen LogP contribution in [0.1, 0.15) is 30.9 Å². The molecule has 0 saturated heterocycles. The molecule has 0 aliphatic rings. The van der Waals surface area contributed by atoms with Crippen LogP contribution in [0, 0.1) is 0 Å². The van der Waals surface area contributed by atoms with Crippen molar-refractivity contribution in [3.8, 4) is 0 Å². The molecule has 0 fully saturated rings. The number of pyridine rings is 1. The lowest BCUT2D eigenvalue weighted by atomic mass is 9.99. The number of rotatable bonds is 3. The molecule has 1 heterocycles. The molecule has 1 aromatic carbocycles. The second-order valence-electron chi connectivity index (χ2n) is 4.69. The largest absolute Gasteiger partial charge is 0.478 e. The Balaban J connectivity index is 2.65. The van der Waals surface area contributed by atoms with Crippen LogP contribution in [0.2, 0.25) is 0 Å². The first-order valence-electron chi connectivity index (χ1n) is 6.06. The Labute approximate surface area is 110 Å². The average Bonchev–Trinajstić information content (AvgIpc) is 2.35. The first-order chi connectivity index (χ1) is 8.99. The second-order valence-corrected chi connectivity index (χ2v) is 4.69. The molecular weight excluding hydrogens is 242 g/mol. The maximum absolute atomic E-state index is 11.9. The van der Waals surface area contributed by atoms with E-state index < -0.39 is 5.97 Å². The standard InChI is InChI=1S/C15H15NO3/c1-9(2)12-5-3-4-10-8-11(6-7-13(17)18)15(19)16-14(10)12/h3-9H,1-2H3,(H,16,19)(H,17,18)/b7-6+. The predicted molar refractivity (Wildman–Crippen MR) is 75.3 cm³/mol. The van der Waals surface area contributed by atoms with Crippen molar-refractivity contribution in [3.05, 3.63) is 51.8 Å². The van der Waals surface area contributed by atoms with Crippen molar-refractivity contribution in [1.29, 1.82) is 0 Å². The number of aliphatic carboxylic acids is 1. The van der Waals surface area contributed by atoms with E-state index in [4.69, 9.17) is 5.11 Å². The third-order valence-corrected chi connectivity index (χ3v) is 2.97. The Morgan fingerprint density at radius 1 is 1.37 bits per heavy atom. The SMILES string of the molecule is CC(C)c1cccc2cc(/C=C/C(=O)O)c(=O)[nH]c12. The number of hydrogen-bond donors (Lipinski definition) is 2. The Kier molecular flexibility index (Phi) is 3.51. The quantitative estimate of drug-likeness (QED) is 0.830. The highest BCUT2D eigenvalue weighted by atomic mass is 16.4. The fourth-order valence-corrected chi connectivity index (χ4v) is 2.04. The van der Waals surface area contributed by atoms with Crippen LogP contribution < -0.4 is 5.56 Å². The van der Waals surface area contributed by atoms with Crippen molar-refractivity contribution in [1.82, 2.24) is 4.98 Å². The summed E-state index contributed by atoms with van der Waals surface area (Å²) in [7, 11) is 0. The molecule has 0 aliphatic heterocycles. The number of hydrogen-bond acceptors (Lipinski definition) is 2. The van der Waals surface area contributed by atoms with E-state index in [0.29, 0.717) is 11.5 Å². The van der Waals surface area contributed by atoms with Gasteiger partial charge in [-0.2, -0.15) is 0 Å². The smallest absolute Gasteiger partial charge is 0.328 e. The predicted octanol–water partition coefficient (Wildman–Crippen LogP) is 2.75. The molecule has 98 valence electrons. The normalized spacial score (nSPS) is 11.5. The van der Waals surface area contributed by atoms with Gasteiger partial charge in [0.05, 0.1) is 5.52 Å². The lowest BCUT2D eigenvalue weighted by Gasteiger charge is -2.09. The Morgan fingerprint density at radius 3 is 2.74 bits per heavy atom. The van der Waals surface area contributed by atoms with Crippen LogP contribution in [0.3, 0.4) is 0 Å². The van der Waals surface area contributed by atoms with E-state index in [1.165, 1.54) is 6.08 Å². The number of para-hydroxylation sites is 1. The van der Waals surface area contributed by atoms with E-state index in [1.807, 2.05) is 18.2 Å². The lowest BCUT2D eigenvalue weighted by molar-refractivity contribution is -0.131. The highest BCUT2D eigenvalue weighted by Crippen LogP contribution is 2.23. The van der Waals surface area contributed by atoms with Gasteiger partial charge in [-0.3, -0.25) is 4.79 Å². The molecule has 0 aliphatic carbocycles. The minimum absolute atomic E-state index is 0.280. The second kappa shape index (κ2) is 5.10.